The molecule has 0 saturated heterocycles. The maximum atomic E-state index is 11.8. The van der Waals surface area contributed by atoms with Crippen LogP contribution in [-0.2, 0) is 14.3 Å². The van der Waals surface area contributed by atoms with E-state index in [4.69, 9.17) is 4.74 Å². The van der Waals surface area contributed by atoms with Crippen molar-refractivity contribution in [3.63, 3.8) is 0 Å². The molecule has 0 atom stereocenters. The maximum absolute atomic E-state index is 11.8. The van der Waals surface area contributed by atoms with Crippen molar-refractivity contribution < 1.29 is 19.1 Å². The molecule has 0 radical (unpaired) electrons. The Morgan fingerprint density at radius 3 is 2.27 bits per heavy atom. The van der Waals surface area contributed by atoms with Crippen molar-refractivity contribution in [2.75, 3.05) is 11.9 Å². The zero-order chi connectivity index (χ0) is 16.5. The molecule has 1 rings (SSSR count). The number of nitrogens with one attached hydrogen (secondary N) is 2. The number of benzene rings is 1. The molecule has 6 nitrogen and oxygen atoms in total. The lowest BCUT2D eigenvalue weighted by Gasteiger charge is -2.09. The highest BCUT2D eigenvalue weighted by Gasteiger charge is 2.09. The zero-order valence-electron chi connectivity index (χ0n) is 13.1. The van der Waals surface area contributed by atoms with Gasteiger partial charge in [0.05, 0.1) is 13.0 Å². The van der Waals surface area contributed by atoms with Gasteiger partial charge in [-0.2, -0.15) is 0 Å². The third-order valence-electron chi connectivity index (χ3n) is 2.71. The number of ether oxygens (including phenoxy) is 1. The SMILES string of the molecule is CCOC(=O)CCC(=O)Nc1ccc(C(=O)NC(C)C)cc1. The Labute approximate surface area is 130 Å². The first kappa shape index (κ1) is 17.7. The summed E-state index contributed by atoms with van der Waals surface area (Å²) < 4.78 is 4.75. The van der Waals surface area contributed by atoms with Gasteiger partial charge in [0.15, 0.2) is 0 Å². The van der Waals surface area contributed by atoms with Gasteiger partial charge in [-0.1, -0.05) is 0 Å². The number of hydrogen-bond acceptors (Lipinski definition) is 4. The first-order valence-electron chi connectivity index (χ1n) is 7.28. The van der Waals surface area contributed by atoms with Gasteiger partial charge in [-0.15, -0.1) is 0 Å². The Morgan fingerprint density at radius 2 is 1.73 bits per heavy atom. The number of anilines is 1. The lowest BCUT2D eigenvalue weighted by atomic mass is 10.2. The van der Waals surface area contributed by atoms with Gasteiger partial charge in [0.1, 0.15) is 0 Å². The Hall–Kier alpha value is -2.37. The van der Waals surface area contributed by atoms with Gasteiger partial charge < -0.3 is 15.4 Å². The molecular formula is C16H22N2O4. The summed E-state index contributed by atoms with van der Waals surface area (Å²) in [6.07, 6.45) is 0.114. The van der Waals surface area contributed by atoms with Gasteiger partial charge >= 0.3 is 5.97 Å². The molecule has 120 valence electrons. The molecule has 6 heteroatoms. The summed E-state index contributed by atoms with van der Waals surface area (Å²) >= 11 is 0. The minimum Gasteiger partial charge on any atom is -0.466 e. The van der Waals surface area contributed by atoms with E-state index in [0.717, 1.165) is 0 Å². The minimum atomic E-state index is -0.390. The van der Waals surface area contributed by atoms with Gasteiger partial charge in [-0.3, -0.25) is 14.4 Å². The molecule has 0 fully saturated rings. The number of rotatable bonds is 7. The molecule has 0 aliphatic heterocycles. The molecular weight excluding hydrogens is 284 g/mol. The van der Waals surface area contributed by atoms with Crippen LogP contribution in [0, 0.1) is 0 Å². The molecule has 0 saturated carbocycles. The summed E-state index contributed by atoms with van der Waals surface area (Å²) in [7, 11) is 0. The highest BCUT2D eigenvalue weighted by Crippen LogP contribution is 2.10. The second-order valence-electron chi connectivity index (χ2n) is 5.06. The lowest BCUT2D eigenvalue weighted by molar-refractivity contribution is -0.144. The van der Waals surface area contributed by atoms with Gasteiger partial charge in [0, 0.05) is 23.7 Å². The van der Waals surface area contributed by atoms with Gasteiger partial charge in [0.25, 0.3) is 5.91 Å². The normalized spacial score (nSPS) is 10.2. The third kappa shape index (κ3) is 6.39. The predicted octanol–water partition coefficient (Wildman–Crippen LogP) is 2.11. The molecule has 0 aliphatic carbocycles. The molecule has 1 aromatic rings. The zero-order valence-corrected chi connectivity index (χ0v) is 13.1. The van der Waals surface area contributed by atoms with E-state index in [0.29, 0.717) is 17.9 Å². The summed E-state index contributed by atoms with van der Waals surface area (Å²) in [5.41, 5.74) is 1.10. The van der Waals surface area contributed by atoms with E-state index < -0.39 is 5.97 Å². The van der Waals surface area contributed by atoms with Gasteiger partial charge in [0.2, 0.25) is 5.91 Å². The average molecular weight is 306 g/mol. The fourth-order valence-electron chi connectivity index (χ4n) is 1.72. The standard InChI is InChI=1S/C16H22N2O4/c1-4-22-15(20)10-9-14(19)18-13-7-5-12(6-8-13)16(21)17-11(2)3/h5-8,11H,4,9-10H2,1-3H3,(H,17,21)(H,18,19). The Bertz CT molecular complexity index is 523. The van der Waals surface area contributed by atoms with Crippen LogP contribution >= 0.6 is 0 Å². The van der Waals surface area contributed by atoms with E-state index in [9.17, 15) is 14.4 Å². The summed E-state index contributed by atoms with van der Waals surface area (Å²) in [6.45, 7) is 5.79. The second kappa shape index (κ2) is 8.81. The van der Waals surface area contributed by atoms with E-state index in [2.05, 4.69) is 10.6 Å². The van der Waals surface area contributed by atoms with Crippen LogP contribution in [0.5, 0.6) is 0 Å². The fraction of sp³-hybridized carbons (Fsp3) is 0.438. The highest BCUT2D eigenvalue weighted by atomic mass is 16.5. The van der Waals surface area contributed by atoms with Crippen molar-refractivity contribution >= 4 is 23.5 Å². The summed E-state index contributed by atoms with van der Waals surface area (Å²) in [4.78, 5) is 34.6. The van der Waals surface area contributed by atoms with Crippen LogP contribution in [0.2, 0.25) is 0 Å². The van der Waals surface area contributed by atoms with E-state index in [1.807, 2.05) is 13.8 Å². The van der Waals surface area contributed by atoms with E-state index in [1.54, 1.807) is 31.2 Å². The van der Waals surface area contributed by atoms with Crippen molar-refractivity contribution in [2.45, 2.75) is 39.7 Å². The van der Waals surface area contributed by atoms with Crippen LogP contribution in [0.1, 0.15) is 44.0 Å². The number of hydrogen-bond donors (Lipinski definition) is 2. The van der Waals surface area contributed by atoms with Crippen molar-refractivity contribution in [2.24, 2.45) is 0 Å². The first-order chi connectivity index (χ1) is 10.4. The summed E-state index contributed by atoms with van der Waals surface area (Å²) in [5.74, 6) is -0.819. The van der Waals surface area contributed by atoms with Crippen molar-refractivity contribution in [3.8, 4) is 0 Å². The van der Waals surface area contributed by atoms with Gasteiger partial charge in [-0.25, -0.2) is 0 Å². The third-order valence-corrected chi connectivity index (χ3v) is 2.71. The quantitative estimate of drug-likeness (QED) is 0.756. The second-order valence-corrected chi connectivity index (χ2v) is 5.06. The number of esters is 1. The van der Waals surface area contributed by atoms with Crippen LogP contribution < -0.4 is 10.6 Å². The number of carbonyl (C=O) groups is 3. The Morgan fingerprint density at radius 1 is 1.09 bits per heavy atom. The van der Waals surface area contributed by atoms with Crippen LogP contribution in [-0.4, -0.2) is 30.4 Å². The maximum Gasteiger partial charge on any atom is 0.306 e. The average Bonchev–Trinajstić information content (AvgIpc) is 2.45. The first-order valence-corrected chi connectivity index (χ1v) is 7.28. The number of carbonyl (C=O) groups excluding carboxylic acids is 3. The fourth-order valence-corrected chi connectivity index (χ4v) is 1.72. The molecule has 2 N–H and O–H groups in total. The molecule has 0 aromatic heterocycles. The molecule has 0 aliphatic rings. The van der Waals surface area contributed by atoms with Crippen LogP contribution in [0.25, 0.3) is 0 Å². The smallest absolute Gasteiger partial charge is 0.306 e. The van der Waals surface area contributed by atoms with Crippen molar-refractivity contribution in [1.29, 1.82) is 0 Å². The molecule has 0 spiro atoms. The van der Waals surface area contributed by atoms with Gasteiger partial charge in [-0.05, 0) is 45.0 Å². The Kier molecular flexibility index (Phi) is 7.08. The minimum absolute atomic E-state index is 0.0502. The molecule has 0 bridgehead atoms. The monoisotopic (exact) mass is 306 g/mol. The number of amides is 2. The van der Waals surface area contributed by atoms with E-state index in [1.165, 1.54) is 0 Å². The lowest BCUT2D eigenvalue weighted by Crippen LogP contribution is -2.30. The molecule has 1 aromatic carbocycles. The topological polar surface area (TPSA) is 84.5 Å². The highest BCUT2D eigenvalue weighted by molar-refractivity contribution is 5.96. The molecule has 2 amide bonds. The van der Waals surface area contributed by atoms with Crippen molar-refractivity contribution in [1.82, 2.24) is 5.32 Å². The van der Waals surface area contributed by atoms with Crippen LogP contribution in [0.3, 0.4) is 0 Å². The predicted molar refractivity (Wildman–Crippen MR) is 83.5 cm³/mol. The summed E-state index contributed by atoms with van der Waals surface area (Å²) in [6, 6.07) is 6.64. The largest absolute Gasteiger partial charge is 0.466 e. The molecule has 0 unspecified atom stereocenters. The van der Waals surface area contributed by atoms with Crippen LogP contribution in [0.4, 0.5) is 5.69 Å². The summed E-state index contributed by atoms with van der Waals surface area (Å²) in [5, 5.41) is 5.45. The van der Waals surface area contributed by atoms with E-state index >= 15 is 0 Å². The van der Waals surface area contributed by atoms with Crippen LogP contribution in [0.15, 0.2) is 24.3 Å². The Balaban J connectivity index is 2.48. The molecule has 0 heterocycles. The molecule has 22 heavy (non-hydrogen) atoms. The van der Waals surface area contributed by atoms with E-state index in [-0.39, 0.29) is 30.7 Å². The van der Waals surface area contributed by atoms with Crippen molar-refractivity contribution in [3.05, 3.63) is 29.8 Å².